The zero-order valence-corrected chi connectivity index (χ0v) is 17.5. The van der Waals surface area contributed by atoms with E-state index >= 15 is 0 Å². The normalized spacial score (nSPS) is 19.8. The van der Waals surface area contributed by atoms with Crippen LogP contribution in [0.5, 0.6) is 5.75 Å². The summed E-state index contributed by atoms with van der Waals surface area (Å²) in [6, 6.07) is 6.65. The second-order valence-corrected chi connectivity index (χ2v) is 8.31. The van der Waals surface area contributed by atoms with Gasteiger partial charge < -0.3 is 20.1 Å². The SMILES string of the molecule is COc1ccc(CN[C@H]2CCCc3nc(N4CCC(CO)CC4)ncc32)cc1C. The molecule has 2 aromatic rings. The molecule has 1 aliphatic heterocycles. The van der Waals surface area contributed by atoms with E-state index in [1.165, 1.54) is 16.8 Å². The third-order valence-electron chi connectivity index (χ3n) is 6.34. The Bertz CT molecular complexity index is 834. The summed E-state index contributed by atoms with van der Waals surface area (Å²) in [7, 11) is 1.71. The highest BCUT2D eigenvalue weighted by Gasteiger charge is 2.25. The van der Waals surface area contributed by atoms with Crippen LogP contribution in [0.1, 0.15) is 54.1 Å². The van der Waals surface area contributed by atoms with Gasteiger partial charge in [0.1, 0.15) is 5.75 Å². The van der Waals surface area contributed by atoms with Crippen LogP contribution in [-0.2, 0) is 13.0 Å². The summed E-state index contributed by atoms with van der Waals surface area (Å²) < 4.78 is 5.36. The van der Waals surface area contributed by atoms with Crippen LogP contribution < -0.4 is 15.0 Å². The van der Waals surface area contributed by atoms with E-state index in [4.69, 9.17) is 14.7 Å². The Labute approximate surface area is 173 Å². The third-order valence-corrected chi connectivity index (χ3v) is 6.34. The van der Waals surface area contributed by atoms with E-state index in [1.807, 2.05) is 12.3 Å². The second-order valence-electron chi connectivity index (χ2n) is 8.31. The topological polar surface area (TPSA) is 70.5 Å². The van der Waals surface area contributed by atoms with Gasteiger partial charge >= 0.3 is 0 Å². The van der Waals surface area contributed by atoms with Crippen LogP contribution in [0.3, 0.4) is 0 Å². The third kappa shape index (κ3) is 4.54. The van der Waals surface area contributed by atoms with Gasteiger partial charge in [-0.05, 0) is 62.1 Å². The number of aliphatic hydroxyl groups excluding tert-OH is 1. The Kier molecular flexibility index (Phi) is 6.31. The van der Waals surface area contributed by atoms with E-state index in [9.17, 15) is 5.11 Å². The van der Waals surface area contributed by atoms with Gasteiger partial charge in [-0.15, -0.1) is 0 Å². The predicted octanol–water partition coefficient (Wildman–Crippen LogP) is 3.17. The predicted molar refractivity (Wildman–Crippen MR) is 114 cm³/mol. The zero-order chi connectivity index (χ0) is 20.2. The Balaban J connectivity index is 1.42. The number of nitrogens with one attached hydrogen (secondary N) is 1. The number of methoxy groups -OCH3 is 1. The molecule has 2 N–H and O–H groups in total. The molecule has 1 fully saturated rings. The fourth-order valence-electron chi connectivity index (χ4n) is 4.51. The van der Waals surface area contributed by atoms with Gasteiger partial charge in [0.15, 0.2) is 0 Å². The highest BCUT2D eigenvalue weighted by Crippen LogP contribution is 2.30. The van der Waals surface area contributed by atoms with Gasteiger partial charge in [-0.25, -0.2) is 9.97 Å². The molecule has 2 heterocycles. The summed E-state index contributed by atoms with van der Waals surface area (Å²) in [5, 5.41) is 13.1. The number of rotatable bonds is 6. The second kappa shape index (κ2) is 9.09. The highest BCUT2D eigenvalue weighted by atomic mass is 16.5. The molecule has 1 aliphatic carbocycles. The fourth-order valence-corrected chi connectivity index (χ4v) is 4.51. The minimum absolute atomic E-state index is 0.292. The van der Waals surface area contributed by atoms with Gasteiger partial charge in [0, 0.05) is 44.0 Å². The first-order chi connectivity index (χ1) is 14.2. The number of piperidine rings is 1. The molecule has 6 heteroatoms. The van der Waals surface area contributed by atoms with Crippen LogP contribution in [0.4, 0.5) is 5.95 Å². The number of aromatic nitrogens is 2. The molecule has 1 aromatic heterocycles. The van der Waals surface area contributed by atoms with Crippen molar-refractivity contribution >= 4 is 5.95 Å². The van der Waals surface area contributed by atoms with E-state index in [0.29, 0.717) is 18.6 Å². The number of fused-ring (bicyclic) bond motifs is 1. The van der Waals surface area contributed by atoms with Crippen LogP contribution >= 0.6 is 0 Å². The standard InChI is InChI=1S/C23H32N4O2/c1-16-12-18(6-7-22(16)29-2)13-24-20-4-3-5-21-19(20)14-25-23(26-21)27-10-8-17(15-28)9-11-27/h6-7,12,14,17,20,24,28H,3-5,8-11,13,15H2,1-2H3/t20-/m0/s1. The molecule has 156 valence electrons. The summed E-state index contributed by atoms with van der Waals surface area (Å²) in [4.78, 5) is 11.9. The minimum Gasteiger partial charge on any atom is -0.496 e. The van der Waals surface area contributed by atoms with Gasteiger partial charge in [-0.3, -0.25) is 0 Å². The van der Waals surface area contributed by atoms with Crippen LogP contribution in [0, 0.1) is 12.8 Å². The Hall–Kier alpha value is -2.18. The number of nitrogens with zero attached hydrogens (tertiary/aromatic N) is 3. The molecule has 0 radical (unpaired) electrons. The largest absolute Gasteiger partial charge is 0.496 e. The maximum absolute atomic E-state index is 9.35. The van der Waals surface area contributed by atoms with Crippen LogP contribution in [-0.4, -0.2) is 41.9 Å². The average molecular weight is 397 g/mol. The molecule has 29 heavy (non-hydrogen) atoms. The lowest BCUT2D eigenvalue weighted by Gasteiger charge is -2.32. The van der Waals surface area contributed by atoms with Crippen molar-refractivity contribution in [2.24, 2.45) is 5.92 Å². The maximum atomic E-state index is 9.35. The number of anilines is 1. The van der Waals surface area contributed by atoms with Crippen LogP contribution in [0.2, 0.25) is 0 Å². The first kappa shape index (κ1) is 20.1. The molecule has 1 atom stereocenters. The lowest BCUT2D eigenvalue weighted by atomic mass is 9.92. The first-order valence-electron chi connectivity index (χ1n) is 10.8. The number of aliphatic hydroxyl groups is 1. The highest BCUT2D eigenvalue weighted by molar-refractivity contribution is 5.37. The number of aryl methyl sites for hydroxylation is 2. The van der Waals surface area contributed by atoms with E-state index in [0.717, 1.165) is 69.0 Å². The van der Waals surface area contributed by atoms with Gasteiger partial charge in [0.2, 0.25) is 5.95 Å². The van der Waals surface area contributed by atoms with Crippen molar-refractivity contribution in [3.05, 3.63) is 46.8 Å². The molecule has 4 rings (SSSR count). The van der Waals surface area contributed by atoms with Crippen molar-refractivity contribution in [2.45, 2.75) is 51.6 Å². The lowest BCUT2D eigenvalue weighted by Crippen LogP contribution is -2.36. The maximum Gasteiger partial charge on any atom is 0.225 e. The fraction of sp³-hybridized carbons (Fsp3) is 0.565. The zero-order valence-electron chi connectivity index (χ0n) is 17.5. The molecule has 2 aliphatic rings. The van der Waals surface area contributed by atoms with Crippen molar-refractivity contribution in [1.29, 1.82) is 0 Å². The average Bonchev–Trinajstić information content (AvgIpc) is 2.77. The molecular weight excluding hydrogens is 364 g/mol. The molecule has 0 saturated carbocycles. The van der Waals surface area contributed by atoms with E-state index in [-0.39, 0.29) is 0 Å². The summed E-state index contributed by atoms with van der Waals surface area (Å²) in [6.07, 6.45) is 7.36. The van der Waals surface area contributed by atoms with Gasteiger partial charge in [0.25, 0.3) is 0 Å². The summed E-state index contributed by atoms with van der Waals surface area (Å²) in [5.74, 6) is 2.21. The van der Waals surface area contributed by atoms with Crippen molar-refractivity contribution in [1.82, 2.24) is 15.3 Å². The number of ether oxygens (including phenoxy) is 1. The number of hydrogen-bond donors (Lipinski definition) is 2. The summed E-state index contributed by atoms with van der Waals surface area (Å²) in [6.45, 7) is 5.06. The van der Waals surface area contributed by atoms with Gasteiger partial charge in [-0.1, -0.05) is 12.1 Å². The molecule has 0 spiro atoms. The quantitative estimate of drug-likeness (QED) is 0.782. The molecule has 6 nitrogen and oxygen atoms in total. The summed E-state index contributed by atoms with van der Waals surface area (Å²) in [5.41, 5.74) is 4.86. The first-order valence-corrected chi connectivity index (χ1v) is 10.8. The smallest absolute Gasteiger partial charge is 0.225 e. The minimum atomic E-state index is 0.292. The Morgan fingerprint density at radius 2 is 2.07 bits per heavy atom. The lowest BCUT2D eigenvalue weighted by molar-refractivity contribution is 0.202. The molecular formula is C23H32N4O2. The van der Waals surface area contributed by atoms with Crippen molar-refractivity contribution in [3.8, 4) is 5.75 Å². The molecule has 1 aromatic carbocycles. The van der Waals surface area contributed by atoms with Gasteiger partial charge in [0.05, 0.1) is 12.8 Å². The van der Waals surface area contributed by atoms with E-state index < -0.39 is 0 Å². The van der Waals surface area contributed by atoms with Crippen molar-refractivity contribution in [2.75, 3.05) is 31.7 Å². The van der Waals surface area contributed by atoms with Gasteiger partial charge in [-0.2, -0.15) is 0 Å². The number of hydrogen-bond acceptors (Lipinski definition) is 6. The molecule has 0 unspecified atom stereocenters. The van der Waals surface area contributed by atoms with E-state index in [1.54, 1.807) is 7.11 Å². The Morgan fingerprint density at radius 1 is 1.24 bits per heavy atom. The van der Waals surface area contributed by atoms with Crippen molar-refractivity contribution in [3.63, 3.8) is 0 Å². The monoisotopic (exact) mass is 396 g/mol. The Morgan fingerprint density at radius 3 is 2.79 bits per heavy atom. The molecule has 1 saturated heterocycles. The molecule has 0 amide bonds. The van der Waals surface area contributed by atoms with Crippen molar-refractivity contribution < 1.29 is 9.84 Å². The summed E-state index contributed by atoms with van der Waals surface area (Å²) >= 11 is 0. The van der Waals surface area contributed by atoms with E-state index in [2.05, 4.69) is 29.3 Å². The number of benzene rings is 1. The molecule has 0 bridgehead atoms. The van der Waals surface area contributed by atoms with Crippen LogP contribution in [0.25, 0.3) is 0 Å². The van der Waals surface area contributed by atoms with Crippen LogP contribution in [0.15, 0.2) is 24.4 Å².